The largest absolute Gasteiger partial charge is 0.416 e. The maximum atomic E-state index is 12.8. The number of methoxy groups -OCH3 is 2. The van der Waals surface area contributed by atoms with Crippen molar-refractivity contribution in [3.05, 3.63) is 72.2 Å². The van der Waals surface area contributed by atoms with Crippen molar-refractivity contribution < 1.29 is 37.0 Å². The molecule has 3 aromatic rings. The molecule has 0 spiro atoms. The van der Waals surface area contributed by atoms with Crippen molar-refractivity contribution in [1.82, 2.24) is 9.55 Å². The van der Waals surface area contributed by atoms with Crippen molar-refractivity contribution >= 4 is 6.21 Å². The van der Waals surface area contributed by atoms with E-state index >= 15 is 0 Å². The van der Waals surface area contributed by atoms with Crippen molar-refractivity contribution in [1.29, 1.82) is 0 Å². The van der Waals surface area contributed by atoms with Gasteiger partial charge < -0.3 is 28.4 Å². The summed E-state index contributed by atoms with van der Waals surface area (Å²) >= 11 is 0. The standard InChI is InChI=1S/C27H30F3N3O5/c1-5-36-25-24(35-4)23(34-3)17(2)37-26(25)38-32-14-18-6-12-21(13-7-18)33-15-22(31-16-33)19-8-10-20(11-9-19)27(28,29)30/h6-17,23-26H,5H2,1-4H3/b32-14+/t17-,23-,24+,25+,26-/m0/s1. The van der Waals surface area contributed by atoms with E-state index in [0.29, 0.717) is 17.9 Å². The maximum Gasteiger partial charge on any atom is 0.416 e. The zero-order valence-corrected chi connectivity index (χ0v) is 21.5. The van der Waals surface area contributed by atoms with E-state index in [0.717, 1.165) is 23.4 Å². The summed E-state index contributed by atoms with van der Waals surface area (Å²) in [4.78, 5) is 9.97. The molecule has 1 aliphatic heterocycles. The molecule has 2 aromatic carbocycles. The molecule has 2 heterocycles. The van der Waals surface area contributed by atoms with Crippen molar-refractivity contribution in [2.75, 3.05) is 20.8 Å². The Morgan fingerprint density at radius 2 is 1.68 bits per heavy atom. The van der Waals surface area contributed by atoms with E-state index in [9.17, 15) is 13.2 Å². The van der Waals surface area contributed by atoms with Crippen LogP contribution < -0.4 is 0 Å². The van der Waals surface area contributed by atoms with E-state index in [2.05, 4.69) is 10.1 Å². The smallest absolute Gasteiger partial charge is 0.376 e. The van der Waals surface area contributed by atoms with Crippen molar-refractivity contribution in [2.24, 2.45) is 5.16 Å². The van der Waals surface area contributed by atoms with Crippen LogP contribution in [0.1, 0.15) is 25.0 Å². The van der Waals surface area contributed by atoms with Gasteiger partial charge in [-0.25, -0.2) is 4.98 Å². The van der Waals surface area contributed by atoms with Crippen LogP contribution in [0, 0.1) is 0 Å². The van der Waals surface area contributed by atoms with Crippen molar-refractivity contribution in [2.45, 2.75) is 50.7 Å². The molecule has 11 heteroatoms. The van der Waals surface area contributed by atoms with Gasteiger partial charge in [0.1, 0.15) is 12.2 Å². The molecule has 0 aliphatic carbocycles. The highest BCUT2D eigenvalue weighted by Crippen LogP contribution is 2.31. The predicted octanol–water partition coefficient (Wildman–Crippen LogP) is 5.09. The minimum Gasteiger partial charge on any atom is -0.376 e. The molecule has 204 valence electrons. The fourth-order valence-corrected chi connectivity index (χ4v) is 4.35. The van der Waals surface area contributed by atoms with Crippen LogP contribution >= 0.6 is 0 Å². The number of nitrogens with zero attached hydrogens (tertiary/aromatic N) is 3. The first-order chi connectivity index (χ1) is 18.2. The van der Waals surface area contributed by atoms with E-state index in [1.807, 2.05) is 38.1 Å². The Morgan fingerprint density at radius 1 is 1.00 bits per heavy atom. The number of rotatable bonds is 9. The molecule has 38 heavy (non-hydrogen) atoms. The summed E-state index contributed by atoms with van der Waals surface area (Å²) in [6, 6.07) is 12.3. The molecule has 1 fully saturated rings. The van der Waals surface area contributed by atoms with Crippen LogP contribution in [0.3, 0.4) is 0 Å². The van der Waals surface area contributed by atoms with Gasteiger partial charge in [-0.15, -0.1) is 0 Å². The molecule has 0 unspecified atom stereocenters. The molecule has 0 N–H and O–H groups in total. The monoisotopic (exact) mass is 533 g/mol. The number of halogens is 3. The first kappa shape index (κ1) is 27.8. The molecule has 0 saturated carbocycles. The normalized spacial score (nSPS) is 24.1. The lowest BCUT2D eigenvalue weighted by atomic mass is 9.99. The second-order valence-corrected chi connectivity index (χ2v) is 8.70. The minimum absolute atomic E-state index is 0.288. The molecule has 8 nitrogen and oxygen atoms in total. The highest BCUT2D eigenvalue weighted by molar-refractivity contribution is 5.79. The maximum absolute atomic E-state index is 12.8. The number of alkyl halides is 3. The van der Waals surface area contributed by atoms with Crippen molar-refractivity contribution in [3.63, 3.8) is 0 Å². The van der Waals surface area contributed by atoms with Gasteiger partial charge >= 0.3 is 6.18 Å². The molecule has 1 aliphatic rings. The summed E-state index contributed by atoms with van der Waals surface area (Å²) < 4.78 is 63.1. The number of oxime groups is 1. The van der Waals surface area contributed by atoms with Gasteiger partial charge in [-0.05, 0) is 43.7 Å². The zero-order valence-electron chi connectivity index (χ0n) is 21.5. The summed E-state index contributed by atoms with van der Waals surface area (Å²) in [5.74, 6) is 0. The number of benzene rings is 2. The number of imidazole rings is 1. The van der Waals surface area contributed by atoms with Crippen LogP contribution in [0.5, 0.6) is 0 Å². The van der Waals surface area contributed by atoms with Crippen LogP contribution in [-0.2, 0) is 30.0 Å². The first-order valence-electron chi connectivity index (χ1n) is 12.1. The van der Waals surface area contributed by atoms with Crippen molar-refractivity contribution in [3.8, 4) is 16.9 Å². The summed E-state index contributed by atoms with van der Waals surface area (Å²) in [6.45, 7) is 4.19. The third-order valence-corrected chi connectivity index (χ3v) is 6.28. The van der Waals surface area contributed by atoms with Gasteiger partial charge in [0.05, 0.1) is 29.9 Å². The van der Waals surface area contributed by atoms with E-state index < -0.39 is 24.1 Å². The number of aromatic nitrogens is 2. The van der Waals surface area contributed by atoms with E-state index in [4.69, 9.17) is 23.8 Å². The second kappa shape index (κ2) is 12.1. The van der Waals surface area contributed by atoms with E-state index in [1.54, 1.807) is 37.5 Å². The molecular formula is C27H30F3N3O5. The Morgan fingerprint density at radius 3 is 2.29 bits per heavy atom. The highest BCUT2D eigenvalue weighted by Gasteiger charge is 2.47. The highest BCUT2D eigenvalue weighted by atomic mass is 19.4. The average molecular weight is 534 g/mol. The van der Waals surface area contributed by atoms with Gasteiger partial charge in [0.25, 0.3) is 6.29 Å². The minimum atomic E-state index is -4.37. The third-order valence-electron chi connectivity index (χ3n) is 6.28. The fraction of sp³-hybridized carbons (Fsp3) is 0.407. The fourth-order valence-electron chi connectivity index (χ4n) is 4.35. The van der Waals surface area contributed by atoms with E-state index in [-0.39, 0.29) is 18.3 Å². The predicted molar refractivity (Wildman–Crippen MR) is 134 cm³/mol. The van der Waals surface area contributed by atoms with Gasteiger partial charge in [0, 0.05) is 38.3 Å². The summed E-state index contributed by atoms with van der Waals surface area (Å²) in [5, 5.41) is 4.10. The topological polar surface area (TPSA) is 76.3 Å². The Kier molecular flexibility index (Phi) is 8.83. The van der Waals surface area contributed by atoms with Gasteiger partial charge in [0.2, 0.25) is 0 Å². The van der Waals surface area contributed by atoms with Crippen LogP contribution in [0.2, 0.25) is 0 Å². The Bertz CT molecular complexity index is 1200. The summed E-state index contributed by atoms with van der Waals surface area (Å²) in [7, 11) is 3.19. The summed E-state index contributed by atoms with van der Waals surface area (Å²) in [5.41, 5.74) is 2.07. The Balaban J connectivity index is 1.40. The Labute approximate surface area is 218 Å². The lowest BCUT2D eigenvalue weighted by Gasteiger charge is -2.42. The van der Waals surface area contributed by atoms with E-state index in [1.165, 1.54) is 12.1 Å². The van der Waals surface area contributed by atoms with Crippen LogP contribution in [0.15, 0.2) is 66.2 Å². The second-order valence-electron chi connectivity index (χ2n) is 8.70. The lowest BCUT2D eigenvalue weighted by molar-refractivity contribution is -0.308. The van der Waals surface area contributed by atoms with Crippen LogP contribution in [0.25, 0.3) is 16.9 Å². The van der Waals surface area contributed by atoms with Crippen LogP contribution in [0.4, 0.5) is 13.2 Å². The average Bonchev–Trinajstić information content (AvgIpc) is 3.40. The number of hydrogen-bond acceptors (Lipinski definition) is 7. The number of ether oxygens (including phenoxy) is 4. The van der Waals surface area contributed by atoms with Gasteiger partial charge in [-0.1, -0.05) is 29.4 Å². The lowest BCUT2D eigenvalue weighted by Crippen LogP contribution is -2.59. The van der Waals surface area contributed by atoms with Crippen LogP contribution in [-0.4, -0.2) is 67.3 Å². The first-order valence-corrected chi connectivity index (χ1v) is 12.1. The van der Waals surface area contributed by atoms with Gasteiger partial charge in [-0.3, -0.25) is 0 Å². The molecule has 4 rings (SSSR count). The summed E-state index contributed by atoms with van der Waals surface area (Å²) in [6.07, 6.45) is -1.73. The molecule has 0 radical (unpaired) electrons. The molecule has 5 atom stereocenters. The quantitative estimate of drug-likeness (QED) is 0.282. The molecule has 0 amide bonds. The molecule has 1 aromatic heterocycles. The SMILES string of the molecule is CCO[C@H]1[C@H](O/N=C/c2ccc(-n3cnc(-c4ccc(C(F)(F)F)cc4)c3)cc2)O[C@@H](C)[C@H](OC)[C@H]1OC. The third kappa shape index (κ3) is 6.24. The molecule has 0 bridgehead atoms. The Hall–Kier alpha value is -3.25. The zero-order chi connectivity index (χ0) is 27.3. The van der Waals surface area contributed by atoms with Gasteiger partial charge in [0.15, 0.2) is 6.10 Å². The number of hydrogen-bond donors (Lipinski definition) is 0. The molecule has 1 saturated heterocycles. The molecular weight excluding hydrogens is 503 g/mol. The van der Waals surface area contributed by atoms with Gasteiger partial charge in [-0.2, -0.15) is 13.2 Å².